The minimum Gasteiger partial charge on any atom is -0.497 e. The summed E-state index contributed by atoms with van der Waals surface area (Å²) in [6.45, 7) is 2.51. The Hall–Kier alpha value is -1.81. The Balaban J connectivity index is 1.29. The van der Waals surface area contributed by atoms with Crippen molar-refractivity contribution in [3.8, 4) is 5.75 Å². The second-order valence-electron chi connectivity index (χ2n) is 7.63. The normalized spacial score (nSPS) is 30.8. The van der Waals surface area contributed by atoms with Crippen molar-refractivity contribution >= 4 is 5.97 Å². The summed E-state index contributed by atoms with van der Waals surface area (Å²) >= 11 is 0. The van der Waals surface area contributed by atoms with Gasteiger partial charge in [0, 0.05) is 12.6 Å². The second-order valence-corrected chi connectivity index (χ2v) is 7.63. The minimum atomic E-state index is 0.0214. The van der Waals surface area contributed by atoms with E-state index < -0.39 is 0 Å². The Labute approximate surface area is 149 Å². The van der Waals surface area contributed by atoms with E-state index in [1.165, 1.54) is 12.0 Å². The first-order valence-electron chi connectivity index (χ1n) is 9.45. The van der Waals surface area contributed by atoms with Gasteiger partial charge in [0.25, 0.3) is 0 Å². The molecule has 1 heterocycles. The first-order chi connectivity index (χ1) is 12.2. The fourth-order valence-corrected chi connectivity index (χ4v) is 4.59. The number of benzene rings is 1. The summed E-state index contributed by atoms with van der Waals surface area (Å²) in [6, 6.07) is 8.58. The van der Waals surface area contributed by atoms with E-state index in [9.17, 15) is 4.79 Å². The van der Waals surface area contributed by atoms with Crippen molar-refractivity contribution in [1.82, 2.24) is 4.90 Å². The zero-order valence-electron chi connectivity index (χ0n) is 14.9. The van der Waals surface area contributed by atoms with E-state index in [0.717, 1.165) is 38.1 Å². The summed E-state index contributed by atoms with van der Waals surface area (Å²) in [7, 11) is 1.69. The molecular formula is C21H27NO3. The highest BCUT2D eigenvalue weighted by molar-refractivity contribution is 5.74. The molecule has 4 nitrogen and oxygen atoms in total. The summed E-state index contributed by atoms with van der Waals surface area (Å²) in [5.74, 6) is 2.05. The number of allylic oxidation sites excluding steroid dienone is 2. The molecule has 0 unspecified atom stereocenters. The van der Waals surface area contributed by atoms with Crippen molar-refractivity contribution in [2.45, 2.75) is 38.3 Å². The average molecular weight is 341 g/mol. The Morgan fingerprint density at radius 2 is 2.04 bits per heavy atom. The molecule has 4 rings (SSSR count). The van der Waals surface area contributed by atoms with Crippen LogP contribution in [0.3, 0.4) is 0 Å². The van der Waals surface area contributed by atoms with Crippen molar-refractivity contribution in [1.29, 1.82) is 0 Å². The molecule has 1 aromatic rings. The van der Waals surface area contributed by atoms with Crippen LogP contribution in [0.25, 0.3) is 0 Å². The Morgan fingerprint density at radius 1 is 1.20 bits per heavy atom. The molecule has 2 aliphatic carbocycles. The van der Waals surface area contributed by atoms with Gasteiger partial charge in [0.15, 0.2) is 0 Å². The number of fused-ring (bicyclic) bond motifs is 2. The number of esters is 1. The van der Waals surface area contributed by atoms with E-state index >= 15 is 0 Å². The van der Waals surface area contributed by atoms with Crippen molar-refractivity contribution in [2.24, 2.45) is 17.8 Å². The fourth-order valence-electron chi connectivity index (χ4n) is 4.59. The second kappa shape index (κ2) is 7.20. The Kier molecular flexibility index (Phi) is 4.80. The number of hydrogen-bond acceptors (Lipinski definition) is 4. The number of methoxy groups -OCH3 is 1. The van der Waals surface area contributed by atoms with Gasteiger partial charge in [0.2, 0.25) is 0 Å². The molecule has 1 saturated heterocycles. The monoisotopic (exact) mass is 341 g/mol. The van der Waals surface area contributed by atoms with Gasteiger partial charge in [-0.1, -0.05) is 24.3 Å². The van der Waals surface area contributed by atoms with E-state index in [1.807, 2.05) is 12.1 Å². The van der Waals surface area contributed by atoms with E-state index in [1.54, 1.807) is 7.11 Å². The standard InChI is InChI=1S/C21H27NO3/c1-24-19-8-5-15(6-9-19)13-22-10-2-3-18(22)14-25-21(23)20-12-16-4-7-17(20)11-16/h4-9,16-18,20H,2-3,10-14H2,1H3/t16-,17+,18+,20-/m1/s1. The summed E-state index contributed by atoms with van der Waals surface area (Å²) in [6.07, 6.45) is 8.90. The lowest BCUT2D eigenvalue weighted by Crippen LogP contribution is -2.34. The number of hydrogen-bond donors (Lipinski definition) is 0. The molecule has 25 heavy (non-hydrogen) atoms. The van der Waals surface area contributed by atoms with Gasteiger partial charge in [0.1, 0.15) is 12.4 Å². The molecule has 4 heteroatoms. The van der Waals surface area contributed by atoms with Crippen molar-refractivity contribution in [3.05, 3.63) is 42.0 Å². The van der Waals surface area contributed by atoms with E-state index in [-0.39, 0.29) is 11.9 Å². The SMILES string of the molecule is COc1ccc(CN2CCC[C@H]2COC(=O)[C@@H]2C[C@@H]3C=C[C@H]2C3)cc1. The predicted molar refractivity (Wildman–Crippen MR) is 96.2 cm³/mol. The topological polar surface area (TPSA) is 38.8 Å². The molecule has 2 fully saturated rings. The van der Waals surface area contributed by atoms with Crippen LogP contribution in [0.4, 0.5) is 0 Å². The lowest BCUT2D eigenvalue weighted by Gasteiger charge is -2.25. The molecule has 0 amide bonds. The van der Waals surface area contributed by atoms with Crippen molar-refractivity contribution in [2.75, 3.05) is 20.3 Å². The summed E-state index contributed by atoms with van der Waals surface area (Å²) in [5.41, 5.74) is 1.28. The highest BCUT2D eigenvalue weighted by Gasteiger charge is 2.41. The van der Waals surface area contributed by atoms with Crippen molar-refractivity contribution in [3.63, 3.8) is 0 Å². The van der Waals surface area contributed by atoms with Crippen LogP contribution in [0, 0.1) is 17.8 Å². The first kappa shape index (κ1) is 16.6. The van der Waals surface area contributed by atoms with Crippen LogP contribution in [0.2, 0.25) is 0 Å². The van der Waals surface area contributed by atoms with Gasteiger partial charge in [-0.3, -0.25) is 9.69 Å². The third kappa shape index (κ3) is 3.59. The van der Waals surface area contributed by atoms with Crippen LogP contribution in [-0.4, -0.2) is 37.2 Å². The molecular weight excluding hydrogens is 314 g/mol. The summed E-state index contributed by atoms with van der Waals surface area (Å²) in [5, 5.41) is 0. The molecule has 1 aliphatic heterocycles. The molecule has 134 valence electrons. The Bertz CT molecular complexity index is 639. The maximum absolute atomic E-state index is 12.4. The molecule has 1 aromatic carbocycles. The lowest BCUT2D eigenvalue weighted by atomic mass is 9.94. The van der Waals surface area contributed by atoms with Crippen LogP contribution in [0.1, 0.15) is 31.2 Å². The van der Waals surface area contributed by atoms with Crippen LogP contribution in [0.5, 0.6) is 5.75 Å². The zero-order valence-corrected chi connectivity index (χ0v) is 14.9. The average Bonchev–Trinajstić information content (AvgIpc) is 3.37. The molecule has 0 N–H and O–H groups in total. The molecule has 3 aliphatic rings. The van der Waals surface area contributed by atoms with Gasteiger partial charge in [-0.2, -0.15) is 0 Å². The van der Waals surface area contributed by atoms with Gasteiger partial charge in [-0.25, -0.2) is 0 Å². The quantitative estimate of drug-likeness (QED) is 0.587. The van der Waals surface area contributed by atoms with Crippen LogP contribution in [0.15, 0.2) is 36.4 Å². The molecule has 4 atom stereocenters. The summed E-state index contributed by atoms with van der Waals surface area (Å²) in [4.78, 5) is 14.9. The van der Waals surface area contributed by atoms with Crippen LogP contribution >= 0.6 is 0 Å². The van der Waals surface area contributed by atoms with Crippen molar-refractivity contribution < 1.29 is 14.3 Å². The minimum absolute atomic E-state index is 0.0214. The lowest BCUT2D eigenvalue weighted by molar-refractivity contribution is -0.151. The van der Waals surface area contributed by atoms with Gasteiger partial charge in [0.05, 0.1) is 13.0 Å². The number of rotatable bonds is 6. The number of ether oxygens (including phenoxy) is 2. The number of likely N-dealkylation sites (tertiary alicyclic amines) is 1. The number of carbonyl (C=O) groups excluding carboxylic acids is 1. The van der Waals surface area contributed by atoms with Crippen LogP contribution < -0.4 is 4.74 Å². The third-order valence-electron chi connectivity index (χ3n) is 6.04. The number of carbonyl (C=O) groups is 1. The highest BCUT2D eigenvalue weighted by atomic mass is 16.5. The van der Waals surface area contributed by atoms with Crippen LogP contribution in [-0.2, 0) is 16.1 Å². The summed E-state index contributed by atoms with van der Waals surface area (Å²) < 4.78 is 11.0. The molecule has 2 bridgehead atoms. The van der Waals surface area contributed by atoms with Gasteiger partial charge in [-0.05, 0) is 61.8 Å². The fraction of sp³-hybridized carbons (Fsp3) is 0.571. The Morgan fingerprint density at radius 3 is 2.72 bits per heavy atom. The predicted octanol–water partition coefficient (Wildman–Crippen LogP) is 3.42. The number of nitrogens with zero attached hydrogens (tertiary/aromatic N) is 1. The highest BCUT2D eigenvalue weighted by Crippen LogP contribution is 2.43. The first-order valence-corrected chi connectivity index (χ1v) is 9.45. The van der Waals surface area contributed by atoms with Gasteiger partial charge in [-0.15, -0.1) is 0 Å². The molecule has 0 radical (unpaired) electrons. The zero-order chi connectivity index (χ0) is 17.2. The van der Waals surface area contributed by atoms with Gasteiger partial charge < -0.3 is 9.47 Å². The van der Waals surface area contributed by atoms with E-state index in [4.69, 9.17) is 9.47 Å². The van der Waals surface area contributed by atoms with E-state index in [2.05, 4.69) is 29.2 Å². The third-order valence-corrected chi connectivity index (χ3v) is 6.04. The molecule has 0 spiro atoms. The maximum Gasteiger partial charge on any atom is 0.309 e. The maximum atomic E-state index is 12.4. The largest absolute Gasteiger partial charge is 0.497 e. The smallest absolute Gasteiger partial charge is 0.309 e. The molecule has 0 aromatic heterocycles. The molecule has 1 saturated carbocycles. The van der Waals surface area contributed by atoms with Gasteiger partial charge >= 0.3 is 5.97 Å². The van der Waals surface area contributed by atoms with E-state index in [0.29, 0.717) is 24.5 Å².